The number of hydrogen-bond acceptors (Lipinski definition) is 5. The average Bonchev–Trinajstić information content (AvgIpc) is 2.90. The number of imidazole rings is 1. The zero-order valence-corrected chi connectivity index (χ0v) is 11.5. The fraction of sp³-hybridized carbons (Fsp3) is 0.0714. The van der Waals surface area contributed by atoms with Gasteiger partial charge in [0.25, 0.3) is 5.91 Å². The number of benzene rings is 1. The summed E-state index contributed by atoms with van der Waals surface area (Å²) in [6.45, 7) is 0.551. The van der Waals surface area contributed by atoms with Gasteiger partial charge in [0.05, 0.1) is 11.8 Å². The Balaban J connectivity index is 1.89. The Labute approximate surface area is 126 Å². The van der Waals surface area contributed by atoms with E-state index >= 15 is 0 Å². The number of nitrogens with zero attached hydrogens (tertiary/aromatic N) is 3. The molecule has 0 unspecified atom stereocenters. The highest BCUT2D eigenvalue weighted by Gasteiger charge is 2.11. The molecule has 1 amide bonds. The average molecular weight is 296 g/mol. The minimum atomic E-state index is -1.47. The van der Waals surface area contributed by atoms with Gasteiger partial charge in [-0.2, -0.15) is 0 Å². The van der Waals surface area contributed by atoms with Gasteiger partial charge in [-0.05, 0) is 23.2 Å². The smallest absolute Gasteiger partial charge is 0.423 e. The highest BCUT2D eigenvalue weighted by Crippen LogP contribution is 2.13. The fourth-order valence-electron chi connectivity index (χ4n) is 2.20. The number of amides is 1. The second kappa shape index (κ2) is 5.59. The molecule has 2 aromatic heterocycles. The number of nitrogens with two attached hydrogens (primary N) is 1. The Bertz CT molecular complexity index is 830. The molecule has 22 heavy (non-hydrogen) atoms. The summed E-state index contributed by atoms with van der Waals surface area (Å²) in [4.78, 5) is 19.4. The molecule has 0 aliphatic rings. The molecule has 2 heterocycles. The zero-order valence-electron chi connectivity index (χ0n) is 11.5. The van der Waals surface area contributed by atoms with E-state index in [-0.39, 0.29) is 5.69 Å². The van der Waals surface area contributed by atoms with Crippen LogP contribution >= 0.6 is 0 Å². The molecule has 0 atom stereocenters. The van der Waals surface area contributed by atoms with Crippen LogP contribution in [0.1, 0.15) is 16.1 Å². The lowest BCUT2D eigenvalue weighted by atomic mass is 9.80. The van der Waals surface area contributed by atoms with Crippen molar-refractivity contribution in [2.45, 2.75) is 6.54 Å². The van der Waals surface area contributed by atoms with E-state index in [0.29, 0.717) is 17.7 Å². The highest BCUT2D eigenvalue weighted by atomic mass is 16.4. The number of pyridine rings is 1. The molecule has 3 aromatic rings. The van der Waals surface area contributed by atoms with Gasteiger partial charge in [0.15, 0.2) is 5.65 Å². The molecular formula is C14H13BN4O3. The Kier molecular flexibility index (Phi) is 3.62. The van der Waals surface area contributed by atoms with Gasteiger partial charge in [0.1, 0.15) is 5.69 Å². The number of rotatable bonds is 4. The van der Waals surface area contributed by atoms with Crippen LogP contribution in [0, 0.1) is 0 Å². The van der Waals surface area contributed by atoms with E-state index in [0.717, 1.165) is 11.1 Å². The molecule has 0 saturated heterocycles. The Hall–Kier alpha value is -2.71. The maximum absolute atomic E-state index is 11.1. The fourth-order valence-corrected chi connectivity index (χ4v) is 2.20. The third kappa shape index (κ3) is 2.69. The van der Waals surface area contributed by atoms with Crippen molar-refractivity contribution in [2.75, 3.05) is 0 Å². The topological polar surface area (TPSA) is 114 Å². The zero-order chi connectivity index (χ0) is 15.7. The van der Waals surface area contributed by atoms with Gasteiger partial charge in [0, 0.05) is 6.54 Å². The molecule has 8 heteroatoms. The number of carbonyl (C=O) groups excluding carboxylic acids is 1. The minimum Gasteiger partial charge on any atom is -0.423 e. The minimum absolute atomic E-state index is 0.180. The summed E-state index contributed by atoms with van der Waals surface area (Å²) in [5, 5.41) is 18.2. The third-order valence-electron chi connectivity index (χ3n) is 3.37. The molecule has 7 nitrogen and oxygen atoms in total. The summed E-state index contributed by atoms with van der Waals surface area (Å²) in [5.41, 5.74) is 8.03. The lowest BCUT2D eigenvalue weighted by Gasteiger charge is -2.06. The van der Waals surface area contributed by atoms with Gasteiger partial charge in [-0.25, -0.2) is 9.97 Å². The van der Waals surface area contributed by atoms with Gasteiger partial charge < -0.3 is 20.3 Å². The molecule has 110 valence electrons. The first-order valence-corrected chi connectivity index (χ1v) is 6.61. The van der Waals surface area contributed by atoms with Crippen molar-refractivity contribution in [3.05, 3.63) is 54.0 Å². The highest BCUT2D eigenvalue weighted by molar-refractivity contribution is 6.58. The molecule has 4 N–H and O–H groups in total. The number of aromatic nitrogens is 3. The molecule has 1 aromatic carbocycles. The second-order valence-corrected chi connectivity index (χ2v) is 4.89. The van der Waals surface area contributed by atoms with Gasteiger partial charge >= 0.3 is 7.12 Å². The second-order valence-electron chi connectivity index (χ2n) is 4.89. The monoisotopic (exact) mass is 296 g/mol. The van der Waals surface area contributed by atoms with Crippen molar-refractivity contribution in [3.63, 3.8) is 0 Å². The van der Waals surface area contributed by atoms with Crippen molar-refractivity contribution in [1.82, 2.24) is 14.5 Å². The summed E-state index contributed by atoms with van der Waals surface area (Å²) >= 11 is 0. The molecule has 0 bridgehead atoms. The van der Waals surface area contributed by atoms with E-state index in [9.17, 15) is 4.79 Å². The predicted octanol–water partition coefficient (Wildman–Crippen LogP) is -0.742. The van der Waals surface area contributed by atoms with Crippen LogP contribution in [0.5, 0.6) is 0 Å². The molecule has 0 radical (unpaired) electrons. The summed E-state index contributed by atoms with van der Waals surface area (Å²) in [7, 11) is -1.47. The van der Waals surface area contributed by atoms with Crippen LogP contribution in [-0.4, -0.2) is 37.6 Å². The number of fused-ring (bicyclic) bond motifs is 1. The van der Waals surface area contributed by atoms with Crippen LogP contribution in [0.4, 0.5) is 0 Å². The molecule has 0 saturated carbocycles. The first-order valence-electron chi connectivity index (χ1n) is 6.61. The largest absolute Gasteiger partial charge is 0.488 e. The van der Waals surface area contributed by atoms with Gasteiger partial charge in [-0.1, -0.05) is 24.3 Å². The van der Waals surface area contributed by atoms with Crippen LogP contribution in [0.15, 0.2) is 42.7 Å². The van der Waals surface area contributed by atoms with Crippen molar-refractivity contribution in [1.29, 1.82) is 0 Å². The number of carbonyl (C=O) groups is 1. The lowest BCUT2D eigenvalue weighted by Crippen LogP contribution is -2.29. The molecular weight excluding hydrogens is 283 g/mol. The normalized spacial score (nSPS) is 10.8. The van der Waals surface area contributed by atoms with Crippen LogP contribution < -0.4 is 11.2 Å². The first-order chi connectivity index (χ1) is 10.5. The Morgan fingerprint density at radius 2 is 1.91 bits per heavy atom. The summed E-state index contributed by atoms with van der Waals surface area (Å²) in [6, 6.07) is 10.2. The quantitative estimate of drug-likeness (QED) is 0.549. The summed E-state index contributed by atoms with van der Waals surface area (Å²) in [5.74, 6) is -0.588. The van der Waals surface area contributed by atoms with E-state index < -0.39 is 13.0 Å². The van der Waals surface area contributed by atoms with E-state index in [1.54, 1.807) is 30.6 Å². The van der Waals surface area contributed by atoms with Crippen molar-refractivity contribution in [2.24, 2.45) is 5.73 Å². The molecule has 0 aliphatic carbocycles. The van der Waals surface area contributed by atoms with Crippen molar-refractivity contribution >= 4 is 29.7 Å². The SMILES string of the molecule is NC(=O)c1ccc2c(ncn2Cc2ccc(B(O)O)cc2)n1. The molecule has 0 fully saturated rings. The van der Waals surface area contributed by atoms with E-state index in [1.807, 2.05) is 16.7 Å². The van der Waals surface area contributed by atoms with Crippen LogP contribution in [0.2, 0.25) is 0 Å². The standard InChI is InChI=1S/C14H13BN4O3/c16-13(20)11-5-6-12-14(18-11)17-8-19(12)7-9-1-3-10(4-2-9)15(21)22/h1-6,8,21-22H,7H2,(H2,16,20). The van der Waals surface area contributed by atoms with Crippen molar-refractivity contribution in [3.8, 4) is 0 Å². The molecule has 3 rings (SSSR count). The first kappa shape index (κ1) is 14.2. The predicted molar refractivity (Wildman–Crippen MR) is 81.4 cm³/mol. The lowest BCUT2D eigenvalue weighted by molar-refractivity contribution is 0.0996. The summed E-state index contributed by atoms with van der Waals surface area (Å²) < 4.78 is 1.89. The maximum atomic E-state index is 11.1. The van der Waals surface area contributed by atoms with Gasteiger partial charge in [-0.15, -0.1) is 0 Å². The van der Waals surface area contributed by atoms with Crippen LogP contribution in [0.25, 0.3) is 11.2 Å². The van der Waals surface area contributed by atoms with E-state index in [4.69, 9.17) is 15.8 Å². The maximum Gasteiger partial charge on any atom is 0.488 e. The summed E-state index contributed by atoms with van der Waals surface area (Å²) in [6.07, 6.45) is 1.64. The van der Waals surface area contributed by atoms with E-state index in [2.05, 4.69) is 9.97 Å². The Morgan fingerprint density at radius 3 is 2.55 bits per heavy atom. The van der Waals surface area contributed by atoms with Crippen LogP contribution in [-0.2, 0) is 6.54 Å². The number of primary amides is 1. The third-order valence-corrected chi connectivity index (χ3v) is 3.37. The van der Waals surface area contributed by atoms with Gasteiger partial charge in [-0.3, -0.25) is 4.79 Å². The van der Waals surface area contributed by atoms with E-state index in [1.165, 1.54) is 0 Å². The van der Waals surface area contributed by atoms with Gasteiger partial charge in [0.2, 0.25) is 0 Å². The Morgan fingerprint density at radius 1 is 1.18 bits per heavy atom. The van der Waals surface area contributed by atoms with Crippen molar-refractivity contribution < 1.29 is 14.8 Å². The number of hydrogen-bond donors (Lipinski definition) is 3. The molecule has 0 aliphatic heterocycles. The molecule has 0 spiro atoms. The van der Waals surface area contributed by atoms with Crippen LogP contribution in [0.3, 0.4) is 0 Å².